The summed E-state index contributed by atoms with van der Waals surface area (Å²) in [7, 11) is 0. The average Bonchev–Trinajstić information content (AvgIpc) is 3.60. The molecule has 0 radical (unpaired) electrons. The summed E-state index contributed by atoms with van der Waals surface area (Å²) < 4.78 is 6.28. The van der Waals surface area contributed by atoms with Crippen LogP contribution in [0.1, 0.15) is 79.0 Å². The van der Waals surface area contributed by atoms with Gasteiger partial charge in [0.1, 0.15) is 5.65 Å². The van der Waals surface area contributed by atoms with E-state index in [0.29, 0.717) is 0 Å². The van der Waals surface area contributed by atoms with Crippen LogP contribution in [-0.2, 0) is 16.2 Å². The van der Waals surface area contributed by atoms with Crippen LogP contribution in [0.3, 0.4) is 0 Å². The van der Waals surface area contributed by atoms with E-state index in [1.165, 1.54) is 27.7 Å². The van der Waals surface area contributed by atoms with Crippen molar-refractivity contribution in [3.63, 3.8) is 0 Å². The zero-order valence-electron chi connectivity index (χ0n) is 25.0. The molecule has 0 unspecified atom stereocenters. The molecule has 6 aromatic heterocycles. The fourth-order valence-corrected chi connectivity index (χ4v) is 4.19. The first-order valence-electron chi connectivity index (χ1n) is 13.6. The minimum atomic E-state index is 0.202. The second-order valence-corrected chi connectivity index (χ2v) is 13.3. The molecule has 5 heteroatoms. The molecular formula is C34H43N5. The van der Waals surface area contributed by atoms with Crippen LogP contribution in [0.4, 0.5) is 0 Å². The number of hydrogen-bond donors (Lipinski definition) is 0. The molecule has 0 saturated heterocycles. The molecule has 0 spiro atoms. The predicted molar refractivity (Wildman–Crippen MR) is 164 cm³/mol. The van der Waals surface area contributed by atoms with Gasteiger partial charge in [0.05, 0.1) is 6.33 Å². The van der Waals surface area contributed by atoms with Gasteiger partial charge >= 0.3 is 0 Å². The van der Waals surface area contributed by atoms with Crippen molar-refractivity contribution < 1.29 is 0 Å². The van der Waals surface area contributed by atoms with Gasteiger partial charge in [-0.3, -0.25) is 0 Å². The minimum absolute atomic E-state index is 0.202. The van der Waals surface area contributed by atoms with E-state index in [1.807, 2.05) is 37.1 Å². The van der Waals surface area contributed by atoms with E-state index in [-0.39, 0.29) is 16.2 Å². The van der Waals surface area contributed by atoms with Crippen molar-refractivity contribution in [1.82, 2.24) is 23.2 Å². The summed E-state index contributed by atoms with van der Waals surface area (Å²) in [6.45, 7) is 20.0. The van der Waals surface area contributed by atoms with E-state index in [0.717, 1.165) is 5.65 Å². The molecule has 0 aliphatic heterocycles. The predicted octanol–water partition coefficient (Wildman–Crippen LogP) is 8.50. The van der Waals surface area contributed by atoms with Crippen LogP contribution >= 0.6 is 0 Å². The monoisotopic (exact) mass is 521 g/mol. The van der Waals surface area contributed by atoms with Gasteiger partial charge in [-0.05, 0) is 75.4 Å². The lowest BCUT2D eigenvalue weighted by Crippen LogP contribution is -2.09. The van der Waals surface area contributed by atoms with E-state index in [2.05, 4.69) is 147 Å². The summed E-state index contributed by atoms with van der Waals surface area (Å²) in [6, 6.07) is 16.8. The van der Waals surface area contributed by atoms with E-state index < -0.39 is 0 Å². The SMILES string of the molecule is CC(C)(C)c1cc2ccccn2c1.CC(C)(C)c1cc2ccncn2c1.CC(C)(C)c1cc2ncccn2c1. The normalized spacial score (nSPS) is 12.2. The molecule has 0 atom stereocenters. The Morgan fingerprint density at radius 2 is 1.08 bits per heavy atom. The molecule has 0 N–H and O–H groups in total. The number of hydrogen-bond acceptors (Lipinski definition) is 2. The van der Waals surface area contributed by atoms with Crippen LogP contribution in [0, 0.1) is 0 Å². The maximum absolute atomic E-state index is 4.28. The van der Waals surface area contributed by atoms with Gasteiger partial charge in [0.25, 0.3) is 0 Å². The third-order valence-electron chi connectivity index (χ3n) is 6.87. The van der Waals surface area contributed by atoms with Crippen LogP contribution in [-0.4, -0.2) is 23.2 Å². The first kappa shape index (κ1) is 28.2. The van der Waals surface area contributed by atoms with E-state index in [4.69, 9.17) is 0 Å². The molecule has 0 bridgehead atoms. The van der Waals surface area contributed by atoms with Crippen molar-refractivity contribution >= 4 is 16.7 Å². The van der Waals surface area contributed by atoms with Gasteiger partial charge in [0, 0.05) is 54.4 Å². The van der Waals surface area contributed by atoms with Gasteiger partial charge in [-0.2, -0.15) is 0 Å². The standard InChI is InChI=1S/C12H15N.2C11H14N2/c1-12(2,3)10-8-11-6-4-5-7-13(11)9-10;1-11(2,3)9-6-10-4-5-12-8-13(10)7-9;1-11(2,3)9-7-10-12-5-4-6-13(10)8-9/h4-9H,1-3H3;2*4-8H,1-3H3. The van der Waals surface area contributed by atoms with Crippen molar-refractivity contribution in [2.45, 2.75) is 78.6 Å². The van der Waals surface area contributed by atoms with Crippen LogP contribution in [0.15, 0.2) is 98.2 Å². The molecule has 0 saturated carbocycles. The Kier molecular flexibility index (Phi) is 7.74. The Morgan fingerprint density at radius 1 is 0.538 bits per heavy atom. The molecule has 6 aromatic rings. The second kappa shape index (κ2) is 10.7. The van der Waals surface area contributed by atoms with E-state index in [9.17, 15) is 0 Å². The largest absolute Gasteiger partial charge is 0.324 e. The molecule has 6 heterocycles. The van der Waals surface area contributed by atoms with Gasteiger partial charge in [-0.1, -0.05) is 68.4 Å². The second-order valence-electron chi connectivity index (χ2n) is 13.3. The Bertz CT molecular complexity index is 1360. The smallest absolute Gasteiger partial charge is 0.136 e. The topological polar surface area (TPSA) is 39.0 Å². The number of fused-ring (bicyclic) bond motifs is 3. The number of rotatable bonds is 0. The molecule has 0 amide bonds. The van der Waals surface area contributed by atoms with Crippen LogP contribution in [0.5, 0.6) is 0 Å². The average molecular weight is 522 g/mol. The fraction of sp³-hybridized carbons (Fsp3) is 0.353. The first-order valence-corrected chi connectivity index (χ1v) is 13.6. The van der Waals surface area contributed by atoms with Crippen molar-refractivity contribution in [3.05, 3.63) is 115 Å². The highest BCUT2D eigenvalue weighted by Gasteiger charge is 2.16. The lowest BCUT2D eigenvalue weighted by molar-refractivity contribution is 0.590. The Morgan fingerprint density at radius 3 is 1.64 bits per heavy atom. The van der Waals surface area contributed by atoms with Gasteiger partial charge in [0.2, 0.25) is 0 Å². The van der Waals surface area contributed by atoms with Crippen molar-refractivity contribution in [2.24, 2.45) is 0 Å². The van der Waals surface area contributed by atoms with Crippen molar-refractivity contribution in [2.75, 3.05) is 0 Å². The number of pyridine rings is 1. The van der Waals surface area contributed by atoms with E-state index >= 15 is 0 Å². The number of nitrogens with zero attached hydrogens (tertiary/aromatic N) is 5. The summed E-state index contributed by atoms with van der Waals surface area (Å²) in [6.07, 6.45) is 16.1. The van der Waals surface area contributed by atoms with Gasteiger partial charge < -0.3 is 13.2 Å². The third-order valence-corrected chi connectivity index (χ3v) is 6.87. The van der Waals surface area contributed by atoms with Crippen LogP contribution in [0.25, 0.3) is 16.7 Å². The zero-order valence-corrected chi connectivity index (χ0v) is 25.0. The Balaban J connectivity index is 0.000000136. The lowest BCUT2D eigenvalue weighted by atomic mass is 9.89. The number of aromatic nitrogens is 5. The molecule has 0 fully saturated rings. The van der Waals surface area contributed by atoms with E-state index in [1.54, 1.807) is 0 Å². The van der Waals surface area contributed by atoms with Gasteiger partial charge in [0.15, 0.2) is 0 Å². The molecule has 0 aliphatic carbocycles. The van der Waals surface area contributed by atoms with Crippen LogP contribution < -0.4 is 0 Å². The maximum Gasteiger partial charge on any atom is 0.136 e. The molecule has 204 valence electrons. The molecule has 0 aromatic carbocycles. The summed E-state index contributed by atoms with van der Waals surface area (Å²) in [5.74, 6) is 0. The molecule has 6 rings (SSSR count). The van der Waals surface area contributed by atoms with Crippen LogP contribution in [0.2, 0.25) is 0 Å². The maximum atomic E-state index is 4.28. The van der Waals surface area contributed by atoms with Gasteiger partial charge in [-0.25, -0.2) is 9.97 Å². The van der Waals surface area contributed by atoms with Gasteiger partial charge in [-0.15, -0.1) is 0 Å². The first-order chi connectivity index (χ1) is 18.2. The highest BCUT2D eigenvalue weighted by Crippen LogP contribution is 2.25. The summed E-state index contributed by atoms with van der Waals surface area (Å²) >= 11 is 0. The third kappa shape index (κ3) is 6.97. The summed E-state index contributed by atoms with van der Waals surface area (Å²) in [5, 5.41) is 0. The molecule has 39 heavy (non-hydrogen) atoms. The molecular weight excluding hydrogens is 478 g/mol. The lowest BCUT2D eigenvalue weighted by Gasteiger charge is -2.15. The highest BCUT2D eigenvalue weighted by atomic mass is 15.0. The minimum Gasteiger partial charge on any atom is -0.324 e. The van der Waals surface area contributed by atoms with Crippen molar-refractivity contribution in [3.8, 4) is 0 Å². The summed E-state index contributed by atoms with van der Waals surface area (Å²) in [4.78, 5) is 8.35. The quantitative estimate of drug-likeness (QED) is 0.201. The van der Waals surface area contributed by atoms with Crippen molar-refractivity contribution in [1.29, 1.82) is 0 Å². The fourth-order valence-electron chi connectivity index (χ4n) is 4.19. The molecule has 0 aliphatic rings. The Labute approximate surface area is 233 Å². The summed E-state index contributed by atoms with van der Waals surface area (Å²) in [5.41, 5.74) is 8.22. The highest BCUT2D eigenvalue weighted by molar-refractivity contribution is 5.52. The Hall–Kier alpha value is -3.86. The molecule has 5 nitrogen and oxygen atoms in total. The zero-order chi connectivity index (χ0) is 28.4.